The summed E-state index contributed by atoms with van der Waals surface area (Å²) in [4.78, 5) is 10.6. The lowest BCUT2D eigenvalue weighted by atomic mass is 9.81. The van der Waals surface area contributed by atoms with Crippen molar-refractivity contribution >= 4 is 6.29 Å². The summed E-state index contributed by atoms with van der Waals surface area (Å²) in [5.74, 6) is 0. The van der Waals surface area contributed by atoms with Crippen LogP contribution in [0.3, 0.4) is 0 Å². The van der Waals surface area contributed by atoms with Crippen LogP contribution in [-0.4, -0.2) is 19.5 Å². The summed E-state index contributed by atoms with van der Waals surface area (Å²) in [7, 11) is 0. The first-order valence-electron chi connectivity index (χ1n) is 5.43. The van der Waals surface area contributed by atoms with Crippen molar-refractivity contribution in [2.75, 3.05) is 6.61 Å². The summed E-state index contributed by atoms with van der Waals surface area (Å²) < 4.78 is 28.4. The number of alkyl halides is 2. The molecule has 4 heteroatoms. The third kappa shape index (κ3) is 2.05. The van der Waals surface area contributed by atoms with Crippen LogP contribution in [0.4, 0.5) is 8.78 Å². The van der Waals surface area contributed by atoms with Crippen molar-refractivity contribution in [2.24, 2.45) is 10.8 Å². The van der Waals surface area contributed by atoms with Gasteiger partial charge in [-0.2, -0.15) is 8.78 Å². The molecule has 0 atom stereocenters. The molecule has 0 aromatic heterocycles. The molecule has 2 saturated carbocycles. The quantitative estimate of drug-likeness (QED) is 0.663. The van der Waals surface area contributed by atoms with Gasteiger partial charge >= 0.3 is 6.61 Å². The van der Waals surface area contributed by atoms with Gasteiger partial charge in [0, 0.05) is 6.42 Å². The number of ether oxygens (including phenoxy) is 1. The van der Waals surface area contributed by atoms with Crippen LogP contribution in [0.15, 0.2) is 0 Å². The predicted octanol–water partition coefficient (Wildman–Crippen LogP) is 2.77. The highest BCUT2D eigenvalue weighted by molar-refractivity contribution is 5.51. The fourth-order valence-corrected chi connectivity index (χ4v) is 3.35. The van der Waals surface area contributed by atoms with Gasteiger partial charge in [-0.3, -0.25) is 0 Å². The van der Waals surface area contributed by atoms with Gasteiger partial charge in [0.25, 0.3) is 0 Å². The minimum Gasteiger partial charge on any atom is -0.322 e. The van der Waals surface area contributed by atoms with Gasteiger partial charge in [0.05, 0.1) is 6.61 Å². The zero-order valence-corrected chi connectivity index (χ0v) is 8.68. The van der Waals surface area contributed by atoms with Crippen molar-refractivity contribution < 1.29 is 18.3 Å². The van der Waals surface area contributed by atoms with E-state index in [0.29, 0.717) is 6.42 Å². The Labute approximate surface area is 88.0 Å². The van der Waals surface area contributed by atoms with E-state index in [0.717, 1.165) is 38.4 Å². The molecule has 86 valence electrons. The van der Waals surface area contributed by atoms with Crippen molar-refractivity contribution in [2.45, 2.75) is 45.1 Å². The molecule has 0 spiro atoms. The van der Waals surface area contributed by atoms with Gasteiger partial charge in [-0.25, -0.2) is 0 Å². The molecular weight excluding hydrogens is 202 g/mol. The Morgan fingerprint density at radius 3 is 2.33 bits per heavy atom. The third-order valence-corrected chi connectivity index (χ3v) is 4.15. The predicted molar refractivity (Wildman–Crippen MR) is 50.6 cm³/mol. The normalized spacial score (nSPS) is 38.9. The molecule has 2 aliphatic rings. The molecule has 0 unspecified atom stereocenters. The maximum Gasteiger partial charge on any atom is 0.345 e. The number of rotatable bonds is 5. The van der Waals surface area contributed by atoms with E-state index < -0.39 is 6.61 Å². The average Bonchev–Trinajstić information content (AvgIpc) is 2.72. The molecule has 0 aliphatic heterocycles. The molecule has 0 saturated heterocycles. The second kappa shape index (κ2) is 3.81. The van der Waals surface area contributed by atoms with E-state index in [1.807, 2.05) is 0 Å². The molecule has 0 N–H and O–H groups in total. The Morgan fingerprint density at radius 1 is 1.20 bits per heavy atom. The highest BCUT2D eigenvalue weighted by Crippen LogP contribution is 2.62. The van der Waals surface area contributed by atoms with Crippen molar-refractivity contribution in [3.05, 3.63) is 0 Å². The van der Waals surface area contributed by atoms with Crippen molar-refractivity contribution in [1.29, 1.82) is 0 Å². The minimum absolute atomic E-state index is 0.0561. The highest BCUT2D eigenvalue weighted by Gasteiger charge is 2.53. The second-order valence-electron chi connectivity index (χ2n) is 5.12. The van der Waals surface area contributed by atoms with Crippen LogP contribution in [-0.2, 0) is 9.53 Å². The molecule has 2 fully saturated rings. The van der Waals surface area contributed by atoms with Crippen molar-refractivity contribution in [3.8, 4) is 0 Å². The number of aldehydes is 1. The molecule has 0 heterocycles. The maximum atomic E-state index is 12.0. The summed E-state index contributed by atoms with van der Waals surface area (Å²) in [6, 6.07) is 0. The number of carbonyl (C=O) groups is 1. The van der Waals surface area contributed by atoms with E-state index in [1.54, 1.807) is 0 Å². The van der Waals surface area contributed by atoms with E-state index in [9.17, 15) is 13.6 Å². The Hall–Kier alpha value is -0.510. The molecule has 2 nitrogen and oxygen atoms in total. The van der Waals surface area contributed by atoms with Gasteiger partial charge in [-0.15, -0.1) is 0 Å². The lowest BCUT2D eigenvalue weighted by Gasteiger charge is -2.26. The summed E-state index contributed by atoms with van der Waals surface area (Å²) in [6.45, 7) is -2.51. The molecule has 2 aliphatic carbocycles. The van der Waals surface area contributed by atoms with Gasteiger partial charge in [0.1, 0.15) is 6.29 Å². The first kappa shape index (κ1) is 11.0. The number of carbonyl (C=O) groups excluding carboxylic acids is 1. The van der Waals surface area contributed by atoms with Crippen molar-refractivity contribution in [3.63, 3.8) is 0 Å². The zero-order chi connectivity index (χ0) is 10.9. The topological polar surface area (TPSA) is 26.3 Å². The Balaban J connectivity index is 1.94. The van der Waals surface area contributed by atoms with Crippen LogP contribution in [0.1, 0.15) is 38.5 Å². The van der Waals surface area contributed by atoms with Gasteiger partial charge < -0.3 is 9.53 Å². The first-order valence-corrected chi connectivity index (χ1v) is 5.43. The van der Waals surface area contributed by atoms with Crippen molar-refractivity contribution in [1.82, 2.24) is 0 Å². The van der Waals surface area contributed by atoms with Crippen LogP contribution in [0.25, 0.3) is 0 Å². The third-order valence-electron chi connectivity index (χ3n) is 4.15. The molecule has 0 radical (unpaired) electrons. The maximum absolute atomic E-state index is 12.0. The summed E-state index contributed by atoms with van der Waals surface area (Å²) in [6.07, 6.45) is 6.32. The minimum atomic E-state index is -2.67. The van der Waals surface area contributed by atoms with Crippen LogP contribution in [0.2, 0.25) is 0 Å². The highest BCUT2D eigenvalue weighted by atomic mass is 19.3. The van der Waals surface area contributed by atoms with E-state index in [1.165, 1.54) is 0 Å². The Morgan fingerprint density at radius 2 is 1.80 bits per heavy atom. The molecular formula is C11H16F2O2. The number of halogens is 2. The molecule has 15 heavy (non-hydrogen) atoms. The number of hydrogen-bond acceptors (Lipinski definition) is 2. The first-order chi connectivity index (χ1) is 7.10. The standard InChI is InChI=1S/C11H16F2O2/c12-9(13)15-8-11-3-1-10(7-11,2-4-11)5-6-14/h6,9H,1-5,7-8H2. The van der Waals surface area contributed by atoms with Gasteiger partial charge in [-0.05, 0) is 42.9 Å². The SMILES string of the molecule is O=CCC12CCC(COC(F)F)(CC1)C2. The number of hydrogen-bond donors (Lipinski definition) is 0. The van der Waals surface area contributed by atoms with Gasteiger partial charge in [0.2, 0.25) is 0 Å². The number of fused-ring (bicyclic) bond motifs is 2. The van der Waals surface area contributed by atoms with Gasteiger partial charge in [0.15, 0.2) is 0 Å². The van der Waals surface area contributed by atoms with Gasteiger partial charge in [-0.1, -0.05) is 0 Å². The monoisotopic (exact) mass is 218 g/mol. The van der Waals surface area contributed by atoms with Crippen LogP contribution < -0.4 is 0 Å². The Bertz CT molecular complexity index is 245. The average molecular weight is 218 g/mol. The van der Waals surface area contributed by atoms with E-state index in [-0.39, 0.29) is 17.4 Å². The zero-order valence-electron chi connectivity index (χ0n) is 8.68. The lowest BCUT2D eigenvalue weighted by Crippen LogP contribution is -2.22. The molecule has 0 aromatic carbocycles. The summed E-state index contributed by atoms with van der Waals surface area (Å²) in [5.41, 5.74) is 0.0622. The van der Waals surface area contributed by atoms with E-state index in [2.05, 4.69) is 4.74 Å². The van der Waals surface area contributed by atoms with Crippen LogP contribution in [0.5, 0.6) is 0 Å². The fourth-order valence-electron chi connectivity index (χ4n) is 3.35. The summed E-state index contributed by atoms with van der Waals surface area (Å²) in [5, 5.41) is 0. The molecule has 2 rings (SSSR count). The molecule has 0 aromatic rings. The molecule has 0 amide bonds. The summed E-state index contributed by atoms with van der Waals surface area (Å²) >= 11 is 0. The Kier molecular flexibility index (Phi) is 2.79. The smallest absolute Gasteiger partial charge is 0.322 e. The molecule has 2 bridgehead atoms. The van der Waals surface area contributed by atoms with E-state index >= 15 is 0 Å². The second-order valence-corrected chi connectivity index (χ2v) is 5.12. The van der Waals surface area contributed by atoms with Crippen LogP contribution >= 0.6 is 0 Å². The van der Waals surface area contributed by atoms with Crippen LogP contribution in [0, 0.1) is 10.8 Å². The fraction of sp³-hybridized carbons (Fsp3) is 0.909. The lowest BCUT2D eigenvalue weighted by molar-refractivity contribution is -0.151. The largest absolute Gasteiger partial charge is 0.345 e. The van der Waals surface area contributed by atoms with E-state index in [4.69, 9.17) is 0 Å².